The van der Waals surface area contributed by atoms with Crippen molar-refractivity contribution >= 4 is 35.1 Å². The number of carboxylic acids is 1. The molecule has 272 valence electrons. The van der Waals surface area contributed by atoms with Crippen molar-refractivity contribution in [1.29, 1.82) is 0 Å². The molecule has 1 fully saturated rings. The SMILES string of the molecule is O=C(O)c1ccc(OC2CCN(C(=O)c3cc(NC(=O)c4cnn(-c5ccccc5OCc5ccccc5)c4-c4ccc(F)cc4)ccc3Cl)CC2)cc1. The molecule has 54 heavy (non-hydrogen) atoms. The largest absolute Gasteiger partial charge is 0.490 e. The highest BCUT2D eigenvalue weighted by Gasteiger charge is 2.27. The minimum absolute atomic E-state index is 0.149. The molecule has 1 aliphatic rings. The number of aromatic nitrogens is 2. The third-order valence-electron chi connectivity index (χ3n) is 9.05. The van der Waals surface area contributed by atoms with Gasteiger partial charge in [0.1, 0.15) is 35.7 Å². The summed E-state index contributed by atoms with van der Waals surface area (Å²) >= 11 is 6.52. The van der Waals surface area contributed by atoms with Crippen molar-refractivity contribution < 1.29 is 33.4 Å². The van der Waals surface area contributed by atoms with E-state index in [4.69, 9.17) is 26.2 Å². The number of piperidine rings is 1. The summed E-state index contributed by atoms with van der Waals surface area (Å²) < 4.78 is 27.9. The summed E-state index contributed by atoms with van der Waals surface area (Å²) in [6.07, 6.45) is 2.43. The number of rotatable bonds is 11. The fourth-order valence-electron chi connectivity index (χ4n) is 6.25. The number of aromatic carboxylic acids is 1. The van der Waals surface area contributed by atoms with Gasteiger partial charge in [0, 0.05) is 37.2 Å². The van der Waals surface area contributed by atoms with E-state index in [1.807, 2.05) is 54.6 Å². The number of carbonyl (C=O) groups is 3. The highest BCUT2D eigenvalue weighted by Crippen LogP contribution is 2.33. The number of hydrogen-bond acceptors (Lipinski definition) is 6. The van der Waals surface area contributed by atoms with E-state index in [9.17, 15) is 18.8 Å². The van der Waals surface area contributed by atoms with Gasteiger partial charge in [-0.1, -0.05) is 54.1 Å². The number of hydrogen-bond donors (Lipinski definition) is 2. The van der Waals surface area contributed by atoms with Crippen molar-refractivity contribution in [2.45, 2.75) is 25.6 Å². The van der Waals surface area contributed by atoms with Gasteiger partial charge in [0.15, 0.2) is 0 Å². The van der Waals surface area contributed by atoms with Crippen LogP contribution in [0.2, 0.25) is 5.02 Å². The Hall–Kier alpha value is -6.46. The lowest BCUT2D eigenvalue weighted by molar-refractivity contribution is 0.0595. The number of carboxylic acid groups (broad SMARTS) is 1. The van der Waals surface area contributed by atoms with Crippen LogP contribution >= 0.6 is 11.6 Å². The number of nitrogens with zero attached hydrogens (tertiary/aromatic N) is 3. The molecule has 0 aliphatic carbocycles. The second kappa shape index (κ2) is 16.1. The van der Waals surface area contributed by atoms with Crippen LogP contribution in [0, 0.1) is 5.82 Å². The van der Waals surface area contributed by atoms with Crippen LogP contribution in [-0.2, 0) is 6.61 Å². The van der Waals surface area contributed by atoms with Gasteiger partial charge in [0.05, 0.1) is 33.6 Å². The second-order valence-electron chi connectivity index (χ2n) is 12.7. The van der Waals surface area contributed by atoms with E-state index < -0.39 is 17.7 Å². The smallest absolute Gasteiger partial charge is 0.335 e. The van der Waals surface area contributed by atoms with Crippen LogP contribution < -0.4 is 14.8 Å². The third kappa shape index (κ3) is 8.11. The van der Waals surface area contributed by atoms with E-state index in [1.165, 1.54) is 30.5 Å². The molecule has 1 aromatic heterocycles. The topological polar surface area (TPSA) is 123 Å². The quantitative estimate of drug-likeness (QED) is 0.136. The Morgan fingerprint density at radius 3 is 2.28 bits per heavy atom. The highest BCUT2D eigenvalue weighted by molar-refractivity contribution is 6.34. The fourth-order valence-corrected chi connectivity index (χ4v) is 6.45. The fraction of sp³-hybridized carbons (Fsp3) is 0.143. The maximum atomic E-state index is 14.1. The number of para-hydroxylation sites is 2. The Morgan fingerprint density at radius 1 is 0.852 bits per heavy atom. The Balaban J connectivity index is 1.09. The maximum absolute atomic E-state index is 14.1. The van der Waals surface area contributed by atoms with Crippen LogP contribution in [0.4, 0.5) is 10.1 Å². The summed E-state index contributed by atoms with van der Waals surface area (Å²) in [5.41, 5.74) is 3.49. The number of amides is 2. The van der Waals surface area contributed by atoms with Crippen LogP contribution in [0.15, 0.2) is 128 Å². The van der Waals surface area contributed by atoms with E-state index in [2.05, 4.69) is 10.4 Å². The van der Waals surface area contributed by atoms with Gasteiger partial charge < -0.3 is 24.8 Å². The summed E-state index contributed by atoms with van der Waals surface area (Å²) in [5, 5.41) is 16.9. The molecule has 6 aromatic rings. The first kappa shape index (κ1) is 35.9. The molecule has 0 unspecified atom stereocenters. The zero-order valence-corrected chi connectivity index (χ0v) is 29.6. The van der Waals surface area contributed by atoms with Crippen LogP contribution in [0.25, 0.3) is 16.9 Å². The average molecular weight is 745 g/mol. The van der Waals surface area contributed by atoms with Gasteiger partial charge in [-0.15, -0.1) is 0 Å². The molecule has 0 atom stereocenters. The third-order valence-corrected chi connectivity index (χ3v) is 9.38. The minimum atomic E-state index is -1.01. The van der Waals surface area contributed by atoms with E-state index in [-0.39, 0.29) is 33.7 Å². The molecule has 0 bridgehead atoms. The van der Waals surface area contributed by atoms with Crippen LogP contribution in [-0.4, -0.2) is 56.8 Å². The molecule has 2 amide bonds. The normalized spacial score (nSPS) is 13.0. The monoisotopic (exact) mass is 744 g/mol. The van der Waals surface area contributed by atoms with Gasteiger partial charge in [-0.3, -0.25) is 9.59 Å². The first-order valence-electron chi connectivity index (χ1n) is 17.2. The second-order valence-corrected chi connectivity index (χ2v) is 13.1. The Kier molecular flexibility index (Phi) is 10.7. The van der Waals surface area contributed by atoms with Crippen molar-refractivity contribution in [3.8, 4) is 28.4 Å². The van der Waals surface area contributed by atoms with Gasteiger partial charge in [0.25, 0.3) is 11.8 Å². The number of benzene rings is 5. The maximum Gasteiger partial charge on any atom is 0.335 e. The van der Waals surface area contributed by atoms with Crippen molar-refractivity contribution in [2.75, 3.05) is 18.4 Å². The molecule has 1 aliphatic heterocycles. The molecule has 12 heteroatoms. The molecule has 0 spiro atoms. The Bertz CT molecular complexity index is 2290. The average Bonchev–Trinajstić information content (AvgIpc) is 3.64. The molecule has 0 saturated carbocycles. The molecule has 1 saturated heterocycles. The van der Waals surface area contributed by atoms with Gasteiger partial charge >= 0.3 is 5.97 Å². The standard InChI is InChI=1S/C42H34ClFN4O6/c43-36-19-16-31(24-34(36)41(50)47-22-20-33(21-23-47)54-32-17-12-29(13-18-32)42(51)52)46-40(49)35-25-45-48(39(35)28-10-14-30(44)15-11-28)37-8-4-5-9-38(37)53-26-27-6-2-1-3-7-27/h1-19,24-25,33H,20-23,26H2,(H,46,49)(H,51,52). The predicted molar refractivity (Wildman–Crippen MR) is 202 cm³/mol. The molecule has 5 aromatic carbocycles. The van der Waals surface area contributed by atoms with Gasteiger partial charge in [0.2, 0.25) is 0 Å². The number of likely N-dealkylation sites (tertiary alicyclic amines) is 1. The molecule has 0 radical (unpaired) electrons. The van der Waals surface area contributed by atoms with Crippen LogP contribution in [0.1, 0.15) is 49.5 Å². The zero-order valence-electron chi connectivity index (χ0n) is 28.8. The van der Waals surface area contributed by atoms with Crippen LogP contribution in [0.5, 0.6) is 11.5 Å². The highest BCUT2D eigenvalue weighted by atomic mass is 35.5. The number of ether oxygens (including phenoxy) is 2. The number of halogens is 2. The lowest BCUT2D eigenvalue weighted by atomic mass is 10.1. The van der Waals surface area contributed by atoms with Gasteiger partial charge in [-0.05, 0) is 84.4 Å². The number of nitrogens with one attached hydrogen (secondary N) is 1. The lowest BCUT2D eigenvalue weighted by Crippen LogP contribution is -2.41. The van der Waals surface area contributed by atoms with Crippen molar-refractivity contribution in [3.63, 3.8) is 0 Å². The summed E-state index contributed by atoms with van der Waals surface area (Å²) in [5.74, 6) is -1.13. The molecular formula is C42H34ClFN4O6. The van der Waals surface area contributed by atoms with E-state index in [0.717, 1.165) is 5.56 Å². The Labute approximate surface area is 315 Å². The first-order chi connectivity index (χ1) is 26.2. The molecule has 10 nitrogen and oxygen atoms in total. The van der Waals surface area contributed by atoms with Gasteiger partial charge in [-0.2, -0.15) is 5.10 Å². The molecule has 7 rings (SSSR count). The lowest BCUT2D eigenvalue weighted by Gasteiger charge is -2.32. The Morgan fingerprint density at radius 2 is 1.56 bits per heavy atom. The molecular weight excluding hydrogens is 711 g/mol. The number of carbonyl (C=O) groups excluding carboxylic acids is 2. The summed E-state index contributed by atoms with van der Waals surface area (Å²) in [6.45, 7) is 1.15. The molecule has 2 N–H and O–H groups in total. The van der Waals surface area contributed by atoms with Crippen molar-refractivity contribution in [1.82, 2.24) is 14.7 Å². The summed E-state index contributed by atoms with van der Waals surface area (Å²) in [6, 6.07) is 33.8. The summed E-state index contributed by atoms with van der Waals surface area (Å²) in [7, 11) is 0. The zero-order chi connectivity index (χ0) is 37.6. The van der Waals surface area contributed by atoms with Crippen molar-refractivity contribution in [2.24, 2.45) is 0 Å². The van der Waals surface area contributed by atoms with Crippen LogP contribution in [0.3, 0.4) is 0 Å². The first-order valence-corrected chi connectivity index (χ1v) is 17.6. The summed E-state index contributed by atoms with van der Waals surface area (Å²) in [4.78, 5) is 40.5. The molecule has 2 heterocycles. The van der Waals surface area contributed by atoms with Gasteiger partial charge in [-0.25, -0.2) is 13.9 Å². The van der Waals surface area contributed by atoms with E-state index in [1.54, 1.807) is 52.0 Å². The minimum Gasteiger partial charge on any atom is -0.490 e. The predicted octanol–water partition coefficient (Wildman–Crippen LogP) is 8.54. The van der Waals surface area contributed by atoms with E-state index >= 15 is 0 Å². The van der Waals surface area contributed by atoms with E-state index in [0.29, 0.717) is 66.7 Å². The van der Waals surface area contributed by atoms with Crippen molar-refractivity contribution in [3.05, 3.63) is 161 Å². The number of anilines is 1.